The highest BCUT2D eigenvalue weighted by Crippen LogP contribution is 2.64. The summed E-state index contributed by atoms with van der Waals surface area (Å²) >= 11 is 0. The molecule has 1 heterocycles. The minimum absolute atomic E-state index is 0.231. The molecule has 4 aliphatic rings. The Morgan fingerprint density at radius 3 is 2.57 bits per heavy atom. The normalized spacial score (nSPS) is 42.2. The highest BCUT2D eigenvalue weighted by Gasteiger charge is 2.58. The van der Waals surface area contributed by atoms with Crippen molar-refractivity contribution in [1.82, 2.24) is 9.97 Å². The van der Waals surface area contributed by atoms with Crippen LogP contribution in [0.5, 0.6) is 0 Å². The molecule has 0 aliphatic heterocycles. The van der Waals surface area contributed by atoms with Gasteiger partial charge in [-0.1, -0.05) is 34.1 Å². The van der Waals surface area contributed by atoms with Crippen molar-refractivity contribution in [1.29, 1.82) is 0 Å². The SMILES string of the molecule is CC.CC1CCC2C(CCC3C2CCC2(C)C(C(=O)Cc4cnccn4)CCC32)C1. The van der Waals surface area contributed by atoms with Gasteiger partial charge in [0.2, 0.25) is 0 Å². The Kier molecular flexibility index (Phi) is 6.65. The van der Waals surface area contributed by atoms with Crippen molar-refractivity contribution in [3.05, 3.63) is 24.3 Å². The van der Waals surface area contributed by atoms with Crippen molar-refractivity contribution in [3.8, 4) is 0 Å². The van der Waals surface area contributed by atoms with Gasteiger partial charge in [-0.25, -0.2) is 0 Å². The first-order valence-electron chi connectivity index (χ1n) is 12.8. The third-order valence-electron chi connectivity index (χ3n) is 9.58. The van der Waals surface area contributed by atoms with Crippen molar-refractivity contribution in [2.24, 2.45) is 46.8 Å². The van der Waals surface area contributed by atoms with Crippen molar-refractivity contribution >= 4 is 5.78 Å². The summed E-state index contributed by atoms with van der Waals surface area (Å²) in [7, 11) is 0. The smallest absolute Gasteiger partial charge is 0.142 e. The standard InChI is InChI=1S/C25H36N2O.C2H6/c1-16-3-5-19-17(13-16)4-6-21-20(19)9-10-25(2)22(21)7-8-23(25)24(28)14-18-15-26-11-12-27-18;1-2/h11-12,15-17,19-23H,3-10,13-14H2,1-2H3;1-2H3. The largest absolute Gasteiger partial charge is 0.299 e. The van der Waals surface area contributed by atoms with Gasteiger partial charge >= 0.3 is 0 Å². The molecule has 0 N–H and O–H groups in total. The lowest BCUT2D eigenvalue weighted by atomic mass is 9.49. The van der Waals surface area contributed by atoms with E-state index in [2.05, 4.69) is 23.8 Å². The molecule has 166 valence electrons. The second-order valence-corrected chi connectivity index (χ2v) is 10.9. The summed E-state index contributed by atoms with van der Waals surface area (Å²) in [6.07, 6.45) is 18.0. The molecule has 1 aromatic rings. The maximum absolute atomic E-state index is 13.2. The molecule has 8 unspecified atom stereocenters. The van der Waals surface area contributed by atoms with Crippen LogP contribution in [0.25, 0.3) is 0 Å². The van der Waals surface area contributed by atoms with Crippen molar-refractivity contribution < 1.29 is 4.79 Å². The van der Waals surface area contributed by atoms with E-state index >= 15 is 0 Å². The minimum Gasteiger partial charge on any atom is -0.299 e. The van der Waals surface area contributed by atoms with E-state index in [1.807, 2.05) is 13.8 Å². The molecule has 1 aromatic heterocycles. The summed E-state index contributed by atoms with van der Waals surface area (Å²) in [4.78, 5) is 21.7. The molecule has 30 heavy (non-hydrogen) atoms. The van der Waals surface area contributed by atoms with E-state index in [4.69, 9.17) is 0 Å². The van der Waals surface area contributed by atoms with Crippen LogP contribution in [0.4, 0.5) is 0 Å². The summed E-state index contributed by atoms with van der Waals surface area (Å²) in [5.41, 5.74) is 1.07. The fourth-order valence-electron chi connectivity index (χ4n) is 8.34. The molecule has 0 radical (unpaired) electrons. The van der Waals surface area contributed by atoms with Crippen LogP contribution in [0.2, 0.25) is 0 Å². The van der Waals surface area contributed by atoms with Crippen LogP contribution < -0.4 is 0 Å². The predicted molar refractivity (Wildman–Crippen MR) is 122 cm³/mol. The number of aromatic nitrogens is 2. The topological polar surface area (TPSA) is 42.9 Å². The number of hydrogen-bond acceptors (Lipinski definition) is 3. The number of hydrogen-bond donors (Lipinski definition) is 0. The van der Waals surface area contributed by atoms with E-state index in [0.29, 0.717) is 12.2 Å². The Morgan fingerprint density at radius 1 is 1.00 bits per heavy atom. The highest BCUT2D eigenvalue weighted by atomic mass is 16.1. The lowest BCUT2D eigenvalue weighted by molar-refractivity contribution is -0.129. The summed E-state index contributed by atoms with van der Waals surface area (Å²) in [5.74, 6) is 6.23. The van der Waals surface area contributed by atoms with Gasteiger partial charge in [-0.3, -0.25) is 14.8 Å². The van der Waals surface area contributed by atoms with E-state index in [1.165, 1.54) is 51.4 Å². The van der Waals surface area contributed by atoms with Crippen molar-refractivity contribution in [2.45, 2.75) is 91.9 Å². The lowest BCUT2D eigenvalue weighted by Gasteiger charge is -2.56. The maximum Gasteiger partial charge on any atom is 0.142 e. The number of carbonyl (C=O) groups excluding carboxylic acids is 1. The lowest BCUT2D eigenvalue weighted by Crippen LogP contribution is -2.49. The van der Waals surface area contributed by atoms with E-state index in [0.717, 1.165) is 47.6 Å². The van der Waals surface area contributed by atoms with Gasteiger partial charge in [0.15, 0.2) is 0 Å². The maximum atomic E-state index is 13.2. The van der Waals surface area contributed by atoms with Gasteiger partial charge in [-0.2, -0.15) is 0 Å². The van der Waals surface area contributed by atoms with Gasteiger partial charge in [0.1, 0.15) is 5.78 Å². The van der Waals surface area contributed by atoms with Crippen LogP contribution in [0.15, 0.2) is 18.6 Å². The zero-order chi connectivity index (χ0) is 21.3. The van der Waals surface area contributed by atoms with E-state index in [1.54, 1.807) is 18.6 Å². The van der Waals surface area contributed by atoms with Crippen molar-refractivity contribution in [3.63, 3.8) is 0 Å². The molecule has 8 atom stereocenters. The predicted octanol–water partition coefficient (Wildman–Crippen LogP) is 6.52. The van der Waals surface area contributed by atoms with Crippen LogP contribution in [-0.2, 0) is 11.2 Å². The molecule has 0 amide bonds. The molecule has 4 fully saturated rings. The molecule has 4 saturated carbocycles. The average Bonchev–Trinajstić information content (AvgIpc) is 3.13. The number of nitrogens with zero attached hydrogens (tertiary/aromatic N) is 2. The van der Waals surface area contributed by atoms with Crippen LogP contribution >= 0.6 is 0 Å². The van der Waals surface area contributed by atoms with E-state index in [9.17, 15) is 4.79 Å². The summed E-state index contributed by atoms with van der Waals surface area (Å²) in [5, 5.41) is 0. The van der Waals surface area contributed by atoms with Gasteiger partial charge in [-0.15, -0.1) is 0 Å². The summed E-state index contributed by atoms with van der Waals surface area (Å²) in [6, 6.07) is 0. The van der Waals surface area contributed by atoms with Crippen LogP contribution in [0.1, 0.15) is 91.2 Å². The molecule has 5 rings (SSSR count). The van der Waals surface area contributed by atoms with Gasteiger partial charge in [0, 0.05) is 24.5 Å². The number of ketones is 1. The minimum atomic E-state index is 0.231. The number of carbonyl (C=O) groups is 1. The van der Waals surface area contributed by atoms with Gasteiger partial charge in [0.05, 0.1) is 12.1 Å². The molecule has 0 spiro atoms. The summed E-state index contributed by atoms with van der Waals surface area (Å²) in [6.45, 7) is 8.93. The monoisotopic (exact) mass is 410 g/mol. The van der Waals surface area contributed by atoms with Crippen LogP contribution in [0.3, 0.4) is 0 Å². The fourth-order valence-corrected chi connectivity index (χ4v) is 8.34. The number of fused-ring (bicyclic) bond motifs is 5. The zero-order valence-electron chi connectivity index (χ0n) is 19.6. The second kappa shape index (κ2) is 9.09. The molecule has 4 aliphatic carbocycles. The zero-order valence-corrected chi connectivity index (χ0v) is 19.6. The van der Waals surface area contributed by atoms with Gasteiger partial charge < -0.3 is 0 Å². The molecule has 3 heteroatoms. The highest BCUT2D eigenvalue weighted by molar-refractivity contribution is 5.84. The second-order valence-electron chi connectivity index (χ2n) is 10.9. The Bertz CT molecular complexity index is 719. The molecule has 3 nitrogen and oxygen atoms in total. The van der Waals surface area contributed by atoms with Crippen LogP contribution in [0, 0.1) is 46.8 Å². The molecule has 0 aromatic carbocycles. The number of Topliss-reactive ketones (excluding diaryl/α,β-unsaturated/α-hetero) is 1. The Balaban J connectivity index is 0.00000106. The Morgan fingerprint density at radius 2 is 1.80 bits per heavy atom. The first-order chi connectivity index (χ1) is 14.6. The quantitative estimate of drug-likeness (QED) is 0.570. The first kappa shape index (κ1) is 22.0. The average molecular weight is 411 g/mol. The number of rotatable bonds is 3. The first-order valence-corrected chi connectivity index (χ1v) is 12.8. The molecular weight excluding hydrogens is 368 g/mol. The van der Waals surface area contributed by atoms with Gasteiger partial charge in [-0.05, 0) is 92.3 Å². The third-order valence-corrected chi connectivity index (χ3v) is 9.58. The third kappa shape index (κ3) is 3.86. The van der Waals surface area contributed by atoms with Gasteiger partial charge in [0.25, 0.3) is 0 Å². The molecule has 0 saturated heterocycles. The summed E-state index contributed by atoms with van der Waals surface area (Å²) < 4.78 is 0. The van der Waals surface area contributed by atoms with Crippen molar-refractivity contribution in [2.75, 3.05) is 0 Å². The molecule has 0 bridgehead atoms. The Labute approximate surface area is 183 Å². The molecular formula is C27H42N2O. The fraction of sp³-hybridized carbons (Fsp3) is 0.815. The Hall–Kier alpha value is -1.25. The van der Waals surface area contributed by atoms with E-state index < -0.39 is 0 Å². The van der Waals surface area contributed by atoms with E-state index in [-0.39, 0.29) is 11.3 Å². The van der Waals surface area contributed by atoms with Crippen LogP contribution in [-0.4, -0.2) is 15.8 Å².